The fourth-order valence-electron chi connectivity index (χ4n) is 3.35. The summed E-state index contributed by atoms with van der Waals surface area (Å²) < 4.78 is 11.4. The number of nitrogens with zero attached hydrogens (tertiary/aromatic N) is 2. The molecule has 1 amide bonds. The van der Waals surface area contributed by atoms with Crippen LogP contribution in [0.1, 0.15) is 31.0 Å². The van der Waals surface area contributed by atoms with Crippen LogP contribution in [0.3, 0.4) is 0 Å². The van der Waals surface area contributed by atoms with Gasteiger partial charge in [0.05, 0.1) is 35.9 Å². The van der Waals surface area contributed by atoms with E-state index < -0.39 is 17.7 Å². The minimum Gasteiger partial charge on any atom is -0.507 e. The number of amides is 1. The molecule has 1 aromatic carbocycles. The van der Waals surface area contributed by atoms with Crippen LogP contribution in [-0.4, -0.2) is 53.0 Å². The van der Waals surface area contributed by atoms with E-state index in [4.69, 9.17) is 9.47 Å². The Bertz CT molecular complexity index is 975. The number of pyridine rings is 1. The number of likely N-dealkylation sites (tertiary alicyclic amines) is 1. The number of hydrogen-bond donors (Lipinski definition) is 1. The van der Waals surface area contributed by atoms with Crippen LogP contribution in [0.25, 0.3) is 5.76 Å². The topological polar surface area (TPSA) is 89.0 Å². The molecule has 8 heteroatoms. The van der Waals surface area contributed by atoms with Crippen LogP contribution < -0.4 is 4.74 Å². The van der Waals surface area contributed by atoms with Crippen LogP contribution >= 0.6 is 15.9 Å². The fourth-order valence-corrected chi connectivity index (χ4v) is 3.89. The smallest absolute Gasteiger partial charge is 0.295 e. The van der Waals surface area contributed by atoms with E-state index in [0.717, 1.165) is 0 Å². The highest BCUT2D eigenvalue weighted by molar-refractivity contribution is 9.10. The molecule has 3 rings (SSSR count). The molecule has 0 spiro atoms. The van der Waals surface area contributed by atoms with Crippen molar-refractivity contribution in [3.05, 3.63) is 63.9 Å². The zero-order chi connectivity index (χ0) is 21.8. The Morgan fingerprint density at radius 3 is 2.67 bits per heavy atom. The zero-order valence-electron chi connectivity index (χ0n) is 17.0. The molecule has 1 aliphatic rings. The third kappa shape index (κ3) is 4.39. The lowest BCUT2D eigenvalue weighted by atomic mass is 9.96. The standard InChI is InChI=1S/C22H23BrN2O5/c1-13(2)30-10-9-25-19(15-5-4-8-24-12-15)18(21(27)22(25)28)20(26)14-6-7-17(29-3)16(23)11-14/h4-8,11-13,19,26H,9-10H2,1-3H3/b20-18-. The van der Waals surface area contributed by atoms with E-state index in [0.29, 0.717) is 21.3 Å². The second kappa shape index (κ2) is 9.40. The quantitative estimate of drug-likeness (QED) is 0.373. The van der Waals surface area contributed by atoms with Crippen molar-refractivity contribution >= 4 is 33.4 Å². The number of halogens is 1. The van der Waals surface area contributed by atoms with Crippen LogP contribution in [0, 0.1) is 0 Å². The lowest BCUT2D eigenvalue weighted by molar-refractivity contribution is -0.140. The minimum absolute atomic E-state index is 0.00434. The molecule has 158 valence electrons. The van der Waals surface area contributed by atoms with E-state index in [1.165, 1.54) is 12.0 Å². The van der Waals surface area contributed by atoms with Gasteiger partial charge in [-0.15, -0.1) is 0 Å². The SMILES string of the molecule is COc1ccc(/C(O)=C2/C(=O)C(=O)N(CCOC(C)C)C2c2cccnc2)cc1Br. The Kier molecular flexibility index (Phi) is 6.89. The van der Waals surface area contributed by atoms with Gasteiger partial charge in [0.15, 0.2) is 0 Å². The molecule has 1 atom stereocenters. The summed E-state index contributed by atoms with van der Waals surface area (Å²) in [6, 6.07) is 7.69. The Balaban J connectivity index is 2.08. The Labute approximate surface area is 183 Å². The molecule has 0 bridgehead atoms. The summed E-state index contributed by atoms with van der Waals surface area (Å²) in [5.74, 6) is -1.08. The molecule has 1 N–H and O–H groups in total. The summed E-state index contributed by atoms with van der Waals surface area (Å²) in [7, 11) is 1.53. The van der Waals surface area contributed by atoms with Gasteiger partial charge in [0.25, 0.3) is 11.7 Å². The van der Waals surface area contributed by atoms with Crippen LogP contribution in [0.4, 0.5) is 0 Å². The Hall–Kier alpha value is -2.71. The molecule has 1 saturated heterocycles. The van der Waals surface area contributed by atoms with Crippen molar-refractivity contribution in [2.75, 3.05) is 20.3 Å². The number of Topliss-reactive ketones (excluding diaryl/α,β-unsaturated/α-hetero) is 1. The highest BCUT2D eigenvalue weighted by Crippen LogP contribution is 2.39. The summed E-state index contributed by atoms with van der Waals surface area (Å²) in [6.07, 6.45) is 3.19. The predicted octanol–water partition coefficient (Wildman–Crippen LogP) is 3.70. The molecule has 1 aliphatic heterocycles. The molecule has 2 heterocycles. The normalized spacial score (nSPS) is 18.3. The van der Waals surface area contributed by atoms with Crippen molar-refractivity contribution in [3.8, 4) is 5.75 Å². The maximum absolute atomic E-state index is 12.9. The fraction of sp³-hybridized carbons (Fsp3) is 0.318. The molecule has 0 aliphatic carbocycles. The first kappa shape index (κ1) is 22.0. The van der Waals surface area contributed by atoms with Crippen LogP contribution in [0.5, 0.6) is 5.75 Å². The average Bonchev–Trinajstić information content (AvgIpc) is 2.98. The van der Waals surface area contributed by atoms with Gasteiger partial charge in [-0.1, -0.05) is 6.07 Å². The Morgan fingerprint density at radius 2 is 2.07 bits per heavy atom. The van der Waals surface area contributed by atoms with Gasteiger partial charge in [-0.2, -0.15) is 0 Å². The first-order valence-corrected chi connectivity index (χ1v) is 10.3. The first-order valence-electron chi connectivity index (χ1n) is 9.49. The van der Waals surface area contributed by atoms with Gasteiger partial charge in [0.2, 0.25) is 0 Å². The van der Waals surface area contributed by atoms with Gasteiger partial charge in [-0.25, -0.2) is 0 Å². The third-order valence-electron chi connectivity index (χ3n) is 4.75. The number of benzene rings is 1. The zero-order valence-corrected chi connectivity index (χ0v) is 18.5. The van der Waals surface area contributed by atoms with E-state index in [9.17, 15) is 14.7 Å². The maximum atomic E-state index is 12.9. The van der Waals surface area contributed by atoms with Crippen molar-refractivity contribution < 1.29 is 24.2 Å². The molecule has 1 fully saturated rings. The highest BCUT2D eigenvalue weighted by Gasteiger charge is 2.46. The number of hydrogen-bond acceptors (Lipinski definition) is 6. The predicted molar refractivity (Wildman–Crippen MR) is 115 cm³/mol. The van der Waals surface area contributed by atoms with Gasteiger partial charge in [0.1, 0.15) is 11.5 Å². The van der Waals surface area contributed by atoms with E-state index in [-0.39, 0.29) is 30.6 Å². The molecule has 1 aromatic heterocycles. The second-order valence-corrected chi connectivity index (χ2v) is 7.90. The summed E-state index contributed by atoms with van der Waals surface area (Å²) in [5, 5.41) is 11.0. The van der Waals surface area contributed by atoms with E-state index in [1.807, 2.05) is 13.8 Å². The molecule has 2 aromatic rings. The van der Waals surface area contributed by atoms with E-state index in [1.54, 1.807) is 42.7 Å². The van der Waals surface area contributed by atoms with E-state index in [2.05, 4.69) is 20.9 Å². The monoisotopic (exact) mass is 474 g/mol. The maximum Gasteiger partial charge on any atom is 0.295 e. The van der Waals surface area contributed by atoms with Crippen molar-refractivity contribution in [2.45, 2.75) is 26.0 Å². The molecular formula is C22H23BrN2O5. The number of aliphatic hydroxyl groups excluding tert-OH is 1. The number of rotatable bonds is 7. The highest BCUT2D eigenvalue weighted by atomic mass is 79.9. The summed E-state index contributed by atoms with van der Waals surface area (Å²) in [6.45, 7) is 4.28. The molecular weight excluding hydrogens is 452 g/mol. The Morgan fingerprint density at radius 1 is 1.30 bits per heavy atom. The molecule has 0 radical (unpaired) electrons. The average molecular weight is 475 g/mol. The first-order chi connectivity index (χ1) is 14.3. The number of aliphatic hydroxyl groups is 1. The number of carbonyl (C=O) groups is 2. The van der Waals surface area contributed by atoms with E-state index >= 15 is 0 Å². The second-order valence-electron chi connectivity index (χ2n) is 7.05. The minimum atomic E-state index is -0.754. The summed E-state index contributed by atoms with van der Waals surface area (Å²) in [5.41, 5.74) is 1.05. The number of carbonyl (C=O) groups excluding carboxylic acids is 2. The van der Waals surface area contributed by atoms with Crippen molar-refractivity contribution in [1.82, 2.24) is 9.88 Å². The van der Waals surface area contributed by atoms with Crippen molar-refractivity contribution in [3.63, 3.8) is 0 Å². The number of methoxy groups -OCH3 is 1. The van der Waals surface area contributed by atoms with Crippen molar-refractivity contribution in [2.24, 2.45) is 0 Å². The van der Waals surface area contributed by atoms with Crippen LogP contribution in [0.15, 0.2) is 52.8 Å². The van der Waals surface area contributed by atoms with Crippen LogP contribution in [-0.2, 0) is 14.3 Å². The van der Waals surface area contributed by atoms with Gasteiger partial charge < -0.3 is 19.5 Å². The van der Waals surface area contributed by atoms with Gasteiger partial charge in [0, 0.05) is 24.5 Å². The molecule has 30 heavy (non-hydrogen) atoms. The van der Waals surface area contributed by atoms with Crippen molar-refractivity contribution in [1.29, 1.82) is 0 Å². The van der Waals surface area contributed by atoms with Gasteiger partial charge in [-0.05, 0) is 59.6 Å². The number of ether oxygens (including phenoxy) is 2. The molecule has 7 nitrogen and oxygen atoms in total. The van der Waals surface area contributed by atoms with Gasteiger partial charge >= 0.3 is 0 Å². The lowest BCUT2D eigenvalue weighted by Crippen LogP contribution is -2.33. The molecule has 0 saturated carbocycles. The molecule has 1 unspecified atom stereocenters. The summed E-state index contributed by atoms with van der Waals surface area (Å²) in [4.78, 5) is 31.3. The number of ketones is 1. The van der Waals surface area contributed by atoms with Gasteiger partial charge in [-0.3, -0.25) is 14.6 Å². The largest absolute Gasteiger partial charge is 0.507 e. The summed E-state index contributed by atoms with van der Waals surface area (Å²) >= 11 is 3.38. The third-order valence-corrected chi connectivity index (χ3v) is 5.37. The number of aromatic nitrogens is 1. The lowest BCUT2D eigenvalue weighted by Gasteiger charge is -2.25. The van der Waals surface area contributed by atoms with Crippen LogP contribution in [0.2, 0.25) is 0 Å².